The Bertz CT molecular complexity index is 303. The molecular weight excluding hydrogens is 222 g/mol. The van der Waals surface area contributed by atoms with E-state index in [4.69, 9.17) is 4.74 Å². The first kappa shape index (κ1) is 12.9. The summed E-state index contributed by atoms with van der Waals surface area (Å²) in [6.45, 7) is 8.99. The van der Waals surface area contributed by atoms with E-state index >= 15 is 0 Å². The van der Waals surface area contributed by atoms with E-state index in [2.05, 4.69) is 26.1 Å². The van der Waals surface area contributed by atoms with Crippen molar-refractivity contribution in [2.45, 2.75) is 65.0 Å². The molecule has 18 heavy (non-hydrogen) atoms. The zero-order valence-electron chi connectivity index (χ0n) is 12.2. The lowest BCUT2D eigenvalue weighted by atomic mass is 9.64. The van der Waals surface area contributed by atoms with Crippen LogP contribution in [0.4, 0.5) is 0 Å². The third-order valence-corrected chi connectivity index (χ3v) is 6.06. The lowest BCUT2D eigenvalue weighted by Gasteiger charge is -2.43. The van der Waals surface area contributed by atoms with Crippen LogP contribution >= 0.6 is 0 Å². The molecule has 1 heterocycles. The highest BCUT2D eigenvalue weighted by molar-refractivity contribution is 5.04. The number of nitrogens with one attached hydrogen (secondary N) is 1. The van der Waals surface area contributed by atoms with Gasteiger partial charge in [-0.15, -0.1) is 0 Å². The fraction of sp³-hybridized carbons (Fsp3) is 1.00. The lowest BCUT2D eigenvalue weighted by molar-refractivity contribution is 0.00711. The summed E-state index contributed by atoms with van der Waals surface area (Å²) in [6.07, 6.45) is 7.73. The quantitative estimate of drug-likeness (QED) is 0.828. The highest BCUT2D eigenvalue weighted by Crippen LogP contribution is 2.58. The van der Waals surface area contributed by atoms with Crippen molar-refractivity contribution in [3.05, 3.63) is 0 Å². The van der Waals surface area contributed by atoms with Crippen LogP contribution in [0.3, 0.4) is 0 Å². The first-order chi connectivity index (χ1) is 8.62. The molecule has 5 unspecified atom stereocenters. The van der Waals surface area contributed by atoms with Gasteiger partial charge in [-0.3, -0.25) is 0 Å². The van der Waals surface area contributed by atoms with Crippen LogP contribution in [-0.4, -0.2) is 25.3 Å². The van der Waals surface area contributed by atoms with E-state index < -0.39 is 0 Å². The van der Waals surface area contributed by atoms with Crippen molar-refractivity contribution in [2.75, 3.05) is 13.2 Å². The summed E-state index contributed by atoms with van der Waals surface area (Å²) in [5, 5.41) is 3.72. The molecule has 104 valence electrons. The molecule has 3 aliphatic rings. The summed E-state index contributed by atoms with van der Waals surface area (Å²) in [4.78, 5) is 0. The van der Waals surface area contributed by atoms with Gasteiger partial charge in [-0.05, 0) is 50.4 Å². The van der Waals surface area contributed by atoms with E-state index in [-0.39, 0.29) is 0 Å². The van der Waals surface area contributed by atoms with Crippen molar-refractivity contribution in [3.8, 4) is 0 Å². The lowest BCUT2D eigenvalue weighted by Crippen LogP contribution is -2.48. The Morgan fingerprint density at radius 2 is 2.11 bits per heavy atom. The predicted octanol–water partition coefficient (Wildman–Crippen LogP) is 3.22. The molecule has 0 aromatic carbocycles. The molecule has 0 aromatic heterocycles. The van der Waals surface area contributed by atoms with Crippen molar-refractivity contribution in [1.82, 2.24) is 5.32 Å². The van der Waals surface area contributed by atoms with Crippen LogP contribution in [0, 0.1) is 23.2 Å². The number of rotatable bonds is 4. The van der Waals surface area contributed by atoms with Crippen LogP contribution in [0.25, 0.3) is 0 Å². The number of hydrogen-bond acceptors (Lipinski definition) is 2. The molecule has 2 nitrogen and oxygen atoms in total. The molecule has 2 aliphatic carbocycles. The summed E-state index contributed by atoms with van der Waals surface area (Å²) < 4.78 is 5.98. The predicted molar refractivity (Wildman–Crippen MR) is 74.5 cm³/mol. The largest absolute Gasteiger partial charge is 0.378 e. The molecule has 0 radical (unpaired) electrons. The molecule has 3 fully saturated rings. The van der Waals surface area contributed by atoms with Gasteiger partial charge < -0.3 is 10.1 Å². The summed E-state index contributed by atoms with van der Waals surface area (Å²) in [5.74, 6) is 2.98. The molecule has 0 aromatic rings. The average Bonchev–Trinajstić information content (AvgIpc) is 3.01. The molecule has 3 rings (SSSR count). The maximum Gasteiger partial charge on any atom is 0.0618 e. The Hall–Kier alpha value is -0.0800. The first-order valence-corrected chi connectivity index (χ1v) is 7.97. The van der Waals surface area contributed by atoms with E-state index in [1.54, 1.807) is 0 Å². The van der Waals surface area contributed by atoms with Gasteiger partial charge in [0.15, 0.2) is 0 Å². The molecule has 1 saturated heterocycles. The van der Waals surface area contributed by atoms with E-state index in [1.807, 2.05) is 0 Å². The minimum absolute atomic E-state index is 0.435. The molecule has 1 N–H and O–H groups in total. The van der Waals surface area contributed by atoms with E-state index in [9.17, 15) is 0 Å². The van der Waals surface area contributed by atoms with Crippen molar-refractivity contribution >= 4 is 0 Å². The standard InChI is InChI=1S/C16H29NO/c1-11(2)17-10-16(6-7-18-12(16)3)15-9-13-4-5-14(15)8-13/h11-15,17H,4-10H2,1-3H3. The second-order valence-electron chi connectivity index (χ2n) is 7.31. The van der Waals surface area contributed by atoms with Gasteiger partial charge in [0.1, 0.15) is 0 Å². The minimum Gasteiger partial charge on any atom is -0.378 e. The molecule has 0 spiro atoms. The average molecular weight is 251 g/mol. The topological polar surface area (TPSA) is 21.3 Å². The Balaban J connectivity index is 1.77. The normalized spacial score (nSPS) is 47.3. The van der Waals surface area contributed by atoms with Crippen LogP contribution in [0.2, 0.25) is 0 Å². The monoisotopic (exact) mass is 251 g/mol. The zero-order chi connectivity index (χ0) is 12.8. The SMILES string of the molecule is CC(C)NCC1(C2CC3CCC2C3)CCOC1C. The summed E-state index contributed by atoms with van der Waals surface area (Å²) >= 11 is 0. The Kier molecular flexibility index (Phi) is 3.44. The molecule has 2 bridgehead atoms. The molecule has 1 aliphatic heterocycles. The summed E-state index contributed by atoms with van der Waals surface area (Å²) in [5.41, 5.74) is 0.435. The second-order valence-corrected chi connectivity index (χ2v) is 7.31. The third-order valence-electron chi connectivity index (χ3n) is 6.06. The molecule has 5 atom stereocenters. The first-order valence-electron chi connectivity index (χ1n) is 7.97. The van der Waals surface area contributed by atoms with E-state index in [0.717, 1.165) is 24.4 Å². The van der Waals surface area contributed by atoms with E-state index in [1.165, 1.54) is 38.6 Å². The number of hydrogen-bond donors (Lipinski definition) is 1. The summed E-state index contributed by atoms with van der Waals surface area (Å²) in [6, 6.07) is 0.591. The van der Waals surface area contributed by atoms with Crippen molar-refractivity contribution in [1.29, 1.82) is 0 Å². The Morgan fingerprint density at radius 1 is 1.28 bits per heavy atom. The second kappa shape index (κ2) is 4.79. The molecule has 0 amide bonds. The van der Waals surface area contributed by atoms with Crippen molar-refractivity contribution in [2.24, 2.45) is 23.2 Å². The number of ether oxygens (including phenoxy) is 1. The van der Waals surface area contributed by atoms with Crippen molar-refractivity contribution < 1.29 is 4.74 Å². The summed E-state index contributed by atoms with van der Waals surface area (Å²) in [7, 11) is 0. The van der Waals surface area contributed by atoms with Gasteiger partial charge >= 0.3 is 0 Å². The highest BCUT2D eigenvalue weighted by atomic mass is 16.5. The van der Waals surface area contributed by atoms with Gasteiger partial charge in [0.2, 0.25) is 0 Å². The van der Waals surface area contributed by atoms with Gasteiger partial charge in [0.05, 0.1) is 6.10 Å². The fourth-order valence-corrected chi connectivity index (χ4v) is 4.99. The van der Waals surface area contributed by atoms with Gasteiger partial charge in [0.25, 0.3) is 0 Å². The van der Waals surface area contributed by atoms with Crippen LogP contribution in [-0.2, 0) is 4.74 Å². The van der Waals surface area contributed by atoms with Crippen LogP contribution in [0.1, 0.15) is 52.9 Å². The zero-order valence-corrected chi connectivity index (χ0v) is 12.2. The highest BCUT2D eigenvalue weighted by Gasteiger charge is 2.54. The van der Waals surface area contributed by atoms with Gasteiger partial charge in [0, 0.05) is 24.6 Å². The van der Waals surface area contributed by atoms with Crippen LogP contribution in [0.15, 0.2) is 0 Å². The Morgan fingerprint density at radius 3 is 2.61 bits per heavy atom. The molecule has 2 heteroatoms. The van der Waals surface area contributed by atoms with Crippen LogP contribution in [0.5, 0.6) is 0 Å². The van der Waals surface area contributed by atoms with Gasteiger partial charge in [-0.2, -0.15) is 0 Å². The van der Waals surface area contributed by atoms with Gasteiger partial charge in [-0.25, -0.2) is 0 Å². The van der Waals surface area contributed by atoms with E-state index in [0.29, 0.717) is 17.6 Å². The molecular formula is C16H29NO. The fourth-order valence-electron chi connectivity index (χ4n) is 4.99. The van der Waals surface area contributed by atoms with Gasteiger partial charge in [-0.1, -0.05) is 20.3 Å². The smallest absolute Gasteiger partial charge is 0.0618 e. The maximum absolute atomic E-state index is 5.98. The third kappa shape index (κ3) is 2.02. The van der Waals surface area contributed by atoms with Crippen molar-refractivity contribution in [3.63, 3.8) is 0 Å². The Labute approximate surface area is 112 Å². The maximum atomic E-state index is 5.98. The number of fused-ring (bicyclic) bond motifs is 2. The van der Waals surface area contributed by atoms with Crippen LogP contribution < -0.4 is 5.32 Å². The minimum atomic E-state index is 0.435. The molecule has 2 saturated carbocycles.